The van der Waals surface area contributed by atoms with Gasteiger partial charge in [-0.1, -0.05) is 12.1 Å². The Hall–Kier alpha value is -2.36. The lowest BCUT2D eigenvalue weighted by molar-refractivity contribution is 0.174. The molecule has 20 heavy (non-hydrogen) atoms. The number of hydrogen-bond acceptors (Lipinski definition) is 4. The van der Waals surface area contributed by atoms with Crippen molar-refractivity contribution >= 4 is 5.69 Å². The molecule has 2 aromatic rings. The van der Waals surface area contributed by atoms with Crippen LogP contribution in [0.15, 0.2) is 42.5 Å². The highest BCUT2D eigenvalue weighted by Gasteiger charge is 2.12. The molecule has 0 radical (unpaired) electrons. The first-order valence-corrected chi connectivity index (χ1v) is 6.68. The van der Waals surface area contributed by atoms with Gasteiger partial charge in [-0.15, -0.1) is 0 Å². The number of fused-ring (bicyclic) bond motifs is 1. The van der Waals surface area contributed by atoms with Gasteiger partial charge in [0.15, 0.2) is 11.5 Å². The molecule has 0 aliphatic carbocycles. The van der Waals surface area contributed by atoms with Crippen LogP contribution in [0, 0.1) is 0 Å². The van der Waals surface area contributed by atoms with Crippen LogP contribution in [0.5, 0.6) is 17.2 Å². The van der Waals surface area contributed by atoms with E-state index in [1.54, 1.807) is 0 Å². The molecule has 0 saturated heterocycles. The number of hydrogen-bond donors (Lipinski definition) is 1. The standard InChI is InChI=1S/C16H17NO3/c17-13-4-1-5-14(10-13)18-8-2-3-12-6-7-15-16(9-12)20-11-19-15/h1,4-7,9-10H,2-3,8,11,17H2. The largest absolute Gasteiger partial charge is 0.494 e. The summed E-state index contributed by atoms with van der Waals surface area (Å²) in [5.41, 5.74) is 7.65. The second kappa shape index (κ2) is 5.74. The van der Waals surface area contributed by atoms with Crippen LogP contribution in [0.25, 0.3) is 0 Å². The third-order valence-electron chi connectivity index (χ3n) is 3.17. The Morgan fingerprint density at radius 1 is 1.05 bits per heavy atom. The fourth-order valence-electron chi connectivity index (χ4n) is 2.17. The van der Waals surface area contributed by atoms with E-state index in [1.165, 1.54) is 5.56 Å². The number of nitrogen functional groups attached to an aromatic ring is 1. The fourth-order valence-corrected chi connectivity index (χ4v) is 2.17. The van der Waals surface area contributed by atoms with E-state index >= 15 is 0 Å². The molecule has 1 aliphatic rings. The van der Waals surface area contributed by atoms with Crippen molar-refractivity contribution in [2.24, 2.45) is 0 Å². The van der Waals surface area contributed by atoms with Crippen molar-refractivity contribution in [3.8, 4) is 17.2 Å². The SMILES string of the molecule is Nc1cccc(OCCCc2ccc3c(c2)OCO3)c1. The first kappa shape index (κ1) is 12.7. The van der Waals surface area contributed by atoms with E-state index in [4.69, 9.17) is 19.9 Å². The summed E-state index contributed by atoms with van der Waals surface area (Å²) in [4.78, 5) is 0. The quantitative estimate of drug-likeness (QED) is 0.671. The Labute approximate surface area is 118 Å². The van der Waals surface area contributed by atoms with E-state index in [2.05, 4.69) is 6.07 Å². The predicted octanol–water partition coefficient (Wildman–Crippen LogP) is 3.01. The van der Waals surface area contributed by atoms with Gasteiger partial charge in [-0.3, -0.25) is 0 Å². The summed E-state index contributed by atoms with van der Waals surface area (Å²) < 4.78 is 16.3. The summed E-state index contributed by atoms with van der Waals surface area (Å²) in [6.07, 6.45) is 1.88. The summed E-state index contributed by atoms with van der Waals surface area (Å²) >= 11 is 0. The lowest BCUT2D eigenvalue weighted by Crippen LogP contribution is -2.00. The van der Waals surface area contributed by atoms with Crippen molar-refractivity contribution in [1.82, 2.24) is 0 Å². The molecule has 1 heterocycles. The van der Waals surface area contributed by atoms with Crippen molar-refractivity contribution in [2.45, 2.75) is 12.8 Å². The van der Waals surface area contributed by atoms with E-state index in [0.717, 1.165) is 35.8 Å². The number of ether oxygens (including phenoxy) is 3. The Balaban J connectivity index is 1.48. The molecule has 0 aromatic heterocycles. The molecular weight excluding hydrogens is 254 g/mol. The van der Waals surface area contributed by atoms with E-state index in [0.29, 0.717) is 13.4 Å². The van der Waals surface area contributed by atoms with Gasteiger partial charge in [-0.05, 0) is 42.7 Å². The summed E-state index contributed by atoms with van der Waals surface area (Å²) in [7, 11) is 0. The molecule has 4 heteroatoms. The molecule has 0 amide bonds. The van der Waals surface area contributed by atoms with E-state index in [-0.39, 0.29) is 0 Å². The van der Waals surface area contributed by atoms with Gasteiger partial charge in [0.1, 0.15) is 5.75 Å². The molecule has 0 bridgehead atoms. The van der Waals surface area contributed by atoms with E-state index in [1.807, 2.05) is 36.4 Å². The first-order chi connectivity index (χ1) is 9.81. The third-order valence-corrected chi connectivity index (χ3v) is 3.17. The highest BCUT2D eigenvalue weighted by molar-refractivity contribution is 5.45. The van der Waals surface area contributed by atoms with Gasteiger partial charge in [-0.25, -0.2) is 0 Å². The van der Waals surface area contributed by atoms with Crippen LogP contribution in [0.4, 0.5) is 5.69 Å². The molecule has 4 nitrogen and oxygen atoms in total. The molecule has 2 aromatic carbocycles. The molecule has 0 atom stereocenters. The second-order valence-corrected chi connectivity index (χ2v) is 4.71. The molecule has 3 rings (SSSR count). The number of nitrogens with two attached hydrogens (primary N) is 1. The summed E-state index contributed by atoms with van der Waals surface area (Å²) in [6.45, 7) is 0.981. The van der Waals surface area contributed by atoms with Crippen LogP contribution in [0.3, 0.4) is 0 Å². The molecule has 0 unspecified atom stereocenters. The van der Waals surface area contributed by atoms with Gasteiger partial charge in [-0.2, -0.15) is 0 Å². The summed E-state index contributed by atoms with van der Waals surface area (Å²) in [5.74, 6) is 2.47. The van der Waals surface area contributed by atoms with Crippen LogP contribution in [0.2, 0.25) is 0 Å². The van der Waals surface area contributed by atoms with Gasteiger partial charge in [0, 0.05) is 11.8 Å². The lowest BCUT2D eigenvalue weighted by atomic mass is 10.1. The molecule has 2 N–H and O–H groups in total. The van der Waals surface area contributed by atoms with Crippen LogP contribution in [-0.2, 0) is 6.42 Å². The van der Waals surface area contributed by atoms with Crippen molar-refractivity contribution in [1.29, 1.82) is 0 Å². The maximum Gasteiger partial charge on any atom is 0.231 e. The van der Waals surface area contributed by atoms with Crippen LogP contribution >= 0.6 is 0 Å². The first-order valence-electron chi connectivity index (χ1n) is 6.68. The minimum absolute atomic E-state index is 0.317. The Kier molecular flexibility index (Phi) is 3.63. The van der Waals surface area contributed by atoms with E-state index < -0.39 is 0 Å². The maximum absolute atomic E-state index is 5.70. The second-order valence-electron chi connectivity index (χ2n) is 4.71. The number of benzene rings is 2. The zero-order chi connectivity index (χ0) is 13.8. The zero-order valence-corrected chi connectivity index (χ0v) is 11.2. The average Bonchev–Trinajstić information content (AvgIpc) is 2.91. The van der Waals surface area contributed by atoms with Crippen molar-refractivity contribution in [2.75, 3.05) is 19.1 Å². The monoisotopic (exact) mass is 271 g/mol. The van der Waals surface area contributed by atoms with Crippen LogP contribution in [-0.4, -0.2) is 13.4 Å². The molecule has 104 valence electrons. The van der Waals surface area contributed by atoms with Crippen molar-refractivity contribution in [3.05, 3.63) is 48.0 Å². The van der Waals surface area contributed by atoms with Gasteiger partial charge in [0.05, 0.1) is 6.61 Å². The molecule has 0 fully saturated rings. The average molecular weight is 271 g/mol. The molecule has 0 saturated carbocycles. The Morgan fingerprint density at radius 3 is 2.85 bits per heavy atom. The van der Waals surface area contributed by atoms with Gasteiger partial charge in [0.25, 0.3) is 0 Å². The van der Waals surface area contributed by atoms with Crippen molar-refractivity contribution in [3.63, 3.8) is 0 Å². The minimum Gasteiger partial charge on any atom is -0.494 e. The summed E-state index contributed by atoms with van der Waals surface area (Å²) in [6, 6.07) is 13.5. The van der Waals surface area contributed by atoms with Gasteiger partial charge >= 0.3 is 0 Å². The maximum atomic E-state index is 5.70. The highest BCUT2D eigenvalue weighted by Crippen LogP contribution is 2.32. The normalized spacial score (nSPS) is 12.4. The molecular formula is C16H17NO3. The van der Waals surface area contributed by atoms with E-state index in [9.17, 15) is 0 Å². The topological polar surface area (TPSA) is 53.7 Å². The van der Waals surface area contributed by atoms with Crippen molar-refractivity contribution < 1.29 is 14.2 Å². The fraction of sp³-hybridized carbons (Fsp3) is 0.250. The minimum atomic E-state index is 0.317. The third kappa shape index (κ3) is 2.96. The zero-order valence-electron chi connectivity index (χ0n) is 11.2. The number of aryl methyl sites for hydroxylation is 1. The number of anilines is 1. The van der Waals surface area contributed by atoms with Gasteiger partial charge in [0.2, 0.25) is 6.79 Å². The lowest BCUT2D eigenvalue weighted by Gasteiger charge is -2.07. The molecule has 1 aliphatic heterocycles. The Morgan fingerprint density at radius 2 is 1.95 bits per heavy atom. The van der Waals surface area contributed by atoms with Crippen LogP contribution in [0.1, 0.15) is 12.0 Å². The predicted molar refractivity (Wildman–Crippen MR) is 77.2 cm³/mol. The molecule has 0 spiro atoms. The van der Waals surface area contributed by atoms with Gasteiger partial charge < -0.3 is 19.9 Å². The summed E-state index contributed by atoms with van der Waals surface area (Å²) in [5, 5.41) is 0. The number of rotatable bonds is 5. The Bertz CT molecular complexity index is 598. The van der Waals surface area contributed by atoms with Crippen LogP contribution < -0.4 is 19.9 Å². The highest BCUT2D eigenvalue weighted by atomic mass is 16.7. The smallest absolute Gasteiger partial charge is 0.231 e.